The van der Waals surface area contributed by atoms with E-state index in [9.17, 15) is 0 Å². The number of benzene rings is 7. The summed E-state index contributed by atoms with van der Waals surface area (Å²) in [5.74, 6) is 0.891. The van der Waals surface area contributed by atoms with E-state index >= 15 is 0 Å². The summed E-state index contributed by atoms with van der Waals surface area (Å²) in [6.45, 7) is 27.3. The molecule has 0 N–H and O–H groups in total. The van der Waals surface area contributed by atoms with Crippen LogP contribution >= 0.6 is 0 Å². The zero-order chi connectivity index (χ0) is 48.6. The fraction of sp³-hybridized carbons (Fsp3) is 0.250. The van der Waals surface area contributed by atoms with Crippen molar-refractivity contribution in [2.75, 3.05) is 0 Å². The minimum absolute atomic E-state index is 0. The zero-order valence-electron chi connectivity index (χ0n) is 42.8. The number of hydrogen-bond acceptors (Lipinski definition) is 1. The van der Waals surface area contributed by atoms with Gasteiger partial charge in [0.15, 0.2) is 6.71 Å². The Hall–Kier alpha value is -6.38. The van der Waals surface area contributed by atoms with Crippen molar-refractivity contribution in [1.82, 2.24) is 18.7 Å². The molecule has 2 aromatic heterocycles. The van der Waals surface area contributed by atoms with Gasteiger partial charge in [0.25, 0.3) is 5.69 Å². The first-order valence-electron chi connectivity index (χ1n) is 24.5. The zero-order valence-corrected chi connectivity index (χ0v) is 45.0. The van der Waals surface area contributed by atoms with E-state index in [4.69, 9.17) is 4.98 Å². The van der Waals surface area contributed by atoms with Crippen LogP contribution in [0.4, 0.5) is 22.7 Å². The van der Waals surface area contributed by atoms with E-state index < -0.39 is 0 Å². The van der Waals surface area contributed by atoms with E-state index in [-0.39, 0.29) is 49.4 Å². The molecule has 3 heterocycles. The Morgan fingerprint density at radius 1 is 0.514 bits per heavy atom. The van der Waals surface area contributed by atoms with Crippen LogP contribution in [-0.2, 0) is 42.7 Å². The van der Waals surface area contributed by atoms with Crippen molar-refractivity contribution in [3.05, 3.63) is 198 Å². The van der Waals surface area contributed by atoms with Crippen LogP contribution in [0.5, 0.6) is 0 Å². The molecule has 350 valence electrons. The van der Waals surface area contributed by atoms with Crippen LogP contribution in [0.3, 0.4) is 0 Å². The second kappa shape index (κ2) is 18.1. The van der Waals surface area contributed by atoms with E-state index in [2.05, 4.69) is 273 Å². The van der Waals surface area contributed by atoms with Crippen LogP contribution in [-0.4, -0.2) is 22.3 Å². The van der Waals surface area contributed by atoms with Crippen LogP contribution in [0.25, 0.3) is 38.8 Å². The van der Waals surface area contributed by atoms with Gasteiger partial charge in [-0.05, 0) is 83.7 Å². The van der Waals surface area contributed by atoms with Gasteiger partial charge in [0.05, 0.1) is 5.56 Å². The number of aromatic nitrogens is 2. The van der Waals surface area contributed by atoms with Crippen molar-refractivity contribution in [2.45, 2.75) is 105 Å². The second-order valence-corrected chi connectivity index (χ2v) is 23.1. The maximum Gasteiger partial charge on any atom is 2.00 e. The minimum Gasteiger partial charge on any atom is -0.319 e. The van der Waals surface area contributed by atoms with Gasteiger partial charge in [-0.25, -0.2) is 4.98 Å². The second-order valence-electron chi connectivity index (χ2n) is 23.1. The summed E-state index contributed by atoms with van der Waals surface area (Å²) in [6.07, 6.45) is 1.94. The summed E-state index contributed by atoms with van der Waals surface area (Å²) >= 11 is 0. The number of para-hydroxylation sites is 2. The summed E-state index contributed by atoms with van der Waals surface area (Å²) in [5.41, 5.74) is 16.9. The molecule has 4 nitrogen and oxygen atoms in total. The Balaban J connectivity index is 0.00000608. The molecular formula is C64H63BN4Pt+2. The van der Waals surface area contributed by atoms with Crippen molar-refractivity contribution in [3.63, 3.8) is 0 Å². The standard InChI is InChI=1S/C64H63BN4.Pt/c1-61(2,3)44-22-18-21-43(35-44)53-28-20-30-57-60(53)68(52-37-46(63(7,8)9)36-47(38-52)64(10,11)12)42-67(57)51-26-19-25-49(40-51)65(48-23-14-13-15-24-48)50-31-32-55-54-27-16-17-29-56(54)69(58(55)41-50)59-39-45(33-34-66-59)62(4,5)6;/h13-39H,1-12H3;/q;+2. The van der Waals surface area contributed by atoms with Crippen LogP contribution in [0.2, 0.25) is 0 Å². The summed E-state index contributed by atoms with van der Waals surface area (Å²) in [6, 6.07) is 69.7. The molecule has 0 radical (unpaired) electrons. The van der Waals surface area contributed by atoms with Gasteiger partial charge in [0.2, 0.25) is 5.69 Å². The molecule has 0 saturated heterocycles. The number of rotatable bonds is 7. The molecule has 0 atom stereocenters. The van der Waals surface area contributed by atoms with Gasteiger partial charge < -0.3 is 4.57 Å². The van der Waals surface area contributed by atoms with Crippen LogP contribution in [0.15, 0.2) is 164 Å². The maximum absolute atomic E-state index is 4.98. The number of nitrogens with zero attached hydrogens (tertiary/aromatic N) is 4. The Morgan fingerprint density at radius 2 is 1.14 bits per heavy atom. The molecule has 10 rings (SSSR count). The Bertz CT molecular complexity index is 3500. The summed E-state index contributed by atoms with van der Waals surface area (Å²) < 4.78 is 6.81. The SMILES string of the molecule is CC(C)(C)c1cccc(-c2cccc3c2[N+](c2cc(C(C)(C)C)cc(C(C)(C)C)c2)=C=[N+]3c2[c-]c(B(c3[c-]c4c(cc3)c3ccccc3n4-c3cc(C(C)(C)C)ccn3)c3ccccc3)ccc2)c1.[Pt+2]. The minimum atomic E-state index is -0.168. The topological polar surface area (TPSA) is 23.8 Å². The largest absolute Gasteiger partial charge is 2.00 e. The Morgan fingerprint density at radius 3 is 1.84 bits per heavy atom. The van der Waals surface area contributed by atoms with Gasteiger partial charge >= 0.3 is 32.8 Å². The van der Waals surface area contributed by atoms with Gasteiger partial charge in [0, 0.05) is 29.9 Å². The normalized spacial score (nSPS) is 13.0. The monoisotopic (exact) mass is 1090 g/mol. The Labute approximate surface area is 430 Å². The first kappa shape index (κ1) is 48.6. The summed E-state index contributed by atoms with van der Waals surface area (Å²) in [5, 5.41) is 2.33. The molecule has 0 fully saturated rings. The maximum atomic E-state index is 4.98. The van der Waals surface area contributed by atoms with Gasteiger partial charge in [0.1, 0.15) is 11.5 Å². The van der Waals surface area contributed by atoms with E-state index in [1.54, 1.807) is 0 Å². The summed E-state index contributed by atoms with van der Waals surface area (Å²) in [4.78, 5) is 4.98. The van der Waals surface area contributed by atoms with Crippen molar-refractivity contribution in [2.24, 2.45) is 0 Å². The molecule has 1 aliphatic rings. The molecule has 6 heteroatoms. The molecule has 9 aromatic rings. The third-order valence-electron chi connectivity index (χ3n) is 13.9. The van der Waals surface area contributed by atoms with Crippen LogP contribution in [0.1, 0.15) is 105 Å². The first-order valence-corrected chi connectivity index (χ1v) is 24.5. The van der Waals surface area contributed by atoms with Gasteiger partial charge in [-0.1, -0.05) is 190 Å². The van der Waals surface area contributed by atoms with Crippen LogP contribution in [0, 0.1) is 12.1 Å². The molecule has 0 aliphatic carbocycles. The van der Waals surface area contributed by atoms with Gasteiger partial charge in [-0.15, -0.1) is 11.5 Å². The van der Waals surface area contributed by atoms with Gasteiger partial charge in [-0.3, -0.25) is 0 Å². The third kappa shape index (κ3) is 9.12. The molecule has 7 aromatic carbocycles. The fourth-order valence-electron chi connectivity index (χ4n) is 9.78. The molecule has 0 unspecified atom stereocenters. The van der Waals surface area contributed by atoms with Gasteiger partial charge in [-0.2, -0.15) is 41.3 Å². The number of fused-ring (bicyclic) bond motifs is 4. The molecule has 0 saturated carbocycles. The molecular weight excluding hydrogens is 1030 g/mol. The predicted molar refractivity (Wildman–Crippen MR) is 295 cm³/mol. The molecule has 0 bridgehead atoms. The van der Waals surface area contributed by atoms with E-state index in [0.29, 0.717) is 0 Å². The quantitative estimate of drug-likeness (QED) is 0.0886. The molecule has 0 spiro atoms. The van der Waals surface area contributed by atoms with Crippen molar-refractivity contribution >= 4 is 73.7 Å². The molecule has 70 heavy (non-hydrogen) atoms. The summed E-state index contributed by atoms with van der Waals surface area (Å²) in [7, 11) is 0. The Kier molecular flexibility index (Phi) is 12.6. The van der Waals surface area contributed by atoms with E-state index in [1.807, 2.05) is 6.20 Å². The van der Waals surface area contributed by atoms with E-state index in [0.717, 1.165) is 61.5 Å². The van der Waals surface area contributed by atoms with Crippen LogP contribution < -0.4 is 25.5 Å². The average molecular weight is 1090 g/mol. The average Bonchev–Trinajstić information content (AvgIpc) is 3.87. The third-order valence-corrected chi connectivity index (χ3v) is 13.9. The number of pyridine rings is 1. The first-order chi connectivity index (χ1) is 32.7. The van der Waals surface area contributed by atoms with E-state index in [1.165, 1.54) is 38.7 Å². The van der Waals surface area contributed by atoms with Crippen molar-refractivity contribution < 1.29 is 21.1 Å². The number of hydrogen-bond donors (Lipinski definition) is 0. The van der Waals surface area contributed by atoms with Crippen molar-refractivity contribution in [3.8, 4) is 16.9 Å². The predicted octanol–water partition coefficient (Wildman–Crippen LogP) is 14.0. The fourth-order valence-corrected chi connectivity index (χ4v) is 9.78. The smallest absolute Gasteiger partial charge is 0.319 e. The van der Waals surface area contributed by atoms with Crippen molar-refractivity contribution in [1.29, 1.82) is 0 Å². The molecule has 1 aliphatic heterocycles. The molecule has 0 amide bonds.